The van der Waals surface area contributed by atoms with Gasteiger partial charge in [0.05, 0.1) is 10.7 Å². The predicted octanol–water partition coefficient (Wildman–Crippen LogP) is 2.49. The van der Waals surface area contributed by atoms with E-state index in [1.807, 2.05) is 0 Å². The molecule has 0 fully saturated rings. The summed E-state index contributed by atoms with van der Waals surface area (Å²) in [6.07, 6.45) is 0. The van der Waals surface area contributed by atoms with Crippen molar-refractivity contribution in [1.82, 2.24) is 0 Å². The van der Waals surface area contributed by atoms with Crippen LogP contribution < -0.4 is 10.5 Å². The highest BCUT2D eigenvalue weighted by Crippen LogP contribution is 2.26. The Morgan fingerprint density at radius 1 is 1.20 bits per heavy atom. The number of primary sulfonamides is 1. The van der Waals surface area contributed by atoms with Crippen molar-refractivity contribution in [2.24, 2.45) is 5.14 Å². The van der Waals surface area contributed by atoms with Gasteiger partial charge in [-0.25, -0.2) is 13.6 Å². The monoisotopic (exact) mass is 334 g/mol. The van der Waals surface area contributed by atoms with E-state index in [2.05, 4.69) is 5.32 Å². The normalized spacial score (nSPS) is 11.3. The van der Waals surface area contributed by atoms with E-state index >= 15 is 0 Å². The quantitative estimate of drug-likeness (QED) is 0.899. The fourth-order valence-corrected chi connectivity index (χ4v) is 2.17. The molecule has 1 aromatic carbocycles. The van der Waals surface area contributed by atoms with Crippen LogP contribution in [0.15, 0.2) is 39.8 Å². The van der Waals surface area contributed by atoms with Crippen LogP contribution in [-0.4, -0.2) is 14.3 Å². The Labute approximate surface area is 124 Å². The van der Waals surface area contributed by atoms with Crippen LogP contribution in [0.3, 0.4) is 0 Å². The SMILES string of the molecule is NS(=O)(=O)c1ccc(C(=O)Nc2cc(Cl)ccc2Cl)o1. The van der Waals surface area contributed by atoms with Crippen molar-refractivity contribution in [2.45, 2.75) is 5.09 Å². The van der Waals surface area contributed by atoms with Crippen LogP contribution in [0, 0.1) is 0 Å². The molecule has 3 N–H and O–H groups in total. The maximum atomic E-state index is 11.9. The summed E-state index contributed by atoms with van der Waals surface area (Å²) in [6.45, 7) is 0. The van der Waals surface area contributed by atoms with Crippen molar-refractivity contribution in [3.8, 4) is 0 Å². The molecule has 9 heteroatoms. The Kier molecular flexibility index (Phi) is 4.05. The van der Waals surface area contributed by atoms with Gasteiger partial charge in [-0.1, -0.05) is 23.2 Å². The zero-order chi connectivity index (χ0) is 14.9. The average Bonchev–Trinajstić information content (AvgIpc) is 2.83. The van der Waals surface area contributed by atoms with E-state index in [1.165, 1.54) is 18.2 Å². The molecule has 0 spiro atoms. The van der Waals surface area contributed by atoms with E-state index in [4.69, 9.17) is 32.8 Å². The summed E-state index contributed by atoms with van der Waals surface area (Å²) in [6, 6.07) is 6.80. The third-order valence-corrected chi connectivity index (χ3v) is 3.61. The second kappa shape index (κ2) is 5.45. The molecule has 0 aliphatic heterocycles. The highest BCUT2D eigenvalue weighted by Gasteiger charge is 2.18. The van der Waals surface area contributed by atoms with Gasteiger partial charge < -0.3 is 9.73 Å². The Morgan fingerprint density at radius 2 is 1.90 bits per heavy atom. The number of hydrogen-bond acceptors (Lipinski definition) is 4. The largest absolute Gasteiger partial charge is 0.438 e. The van der Waals surface area contributed by atoms with E-state index < -0.39 is 21.0 Å². The van der Waals surface area contributed by atoms with E-state index in [-0.39, 0.29) is 16.5 Å². The van der Waals surface area contributed by atoms with Crippen LogP contribution in [0.25, 0.3) is 0 Å². The maximum absolute atomic E-state index is 11.9. The molecule has 0 saturated carbocycles. The molecule has 6 nitrogen and oxygen atoms in total. The Balaban J connectivity index is 2.24. The molecule has 106 valence electrons. The zero-order valence-corrected chi connectivity index (χ0v) is 12.1. The minimum absolute atomic E-state index is 0.218. The maximum Gasteiger partial charge on any atom is 0.291 e. The Hall–Kier alpha value is -1.54. The van der Waals surface area contributed by atoms with Gasteiger partial charge in [0.15, 0.2) is 5.76 Å². The number of halogens is 2. The van der Waals surface area contributed by atoms with Crippen molar-refractivity contribution in [3.05, 3.63) is 46.1 Å². The zero-order valence-electron chi connectivity index (χ0n) is 9.76. The molecule has 1 amide bonds. The van der Waals surface area contributed by atoms with Gasteiger partial charge in [0.1, 0.15) is 0 Å². The van der Waals surface area contributed by atoms with Crippen molar-refractivity contribution >= 4 is 44.8 Å². The molecule has 0 unspecified atom stereocenters. The smallest absolute Gasteiger partial charge is 0.291 e. The molecule has 0 radical (unpaired) electrons. The highest BCUT2D eigenvalue weighted by atomic mass is 35.5. The number of amides is 1. The fourth-order valence-electron chi connectivity index (χ4n) is 1.37. The van der Waals surface area contributed by atoms with Crippen molar-refractivity contribution < 1.29 is 17.6 Å². The van der Waals surface area contributed by atoms with Crippen molar-refractivity contribution in [2.75, 3.05) is 5.32 Å². The second-order valence-electron chi connectivity index (χ2n) is 3.74. The summed E-state index contributed by atoms with van der Waals surface area (Å²) < 4.78 is 26.9. The average molecular weight is 335 g/mol. The standard InChI is InChI=1S/C11H8Cl2N2O4S/c12-6-1-2-7(13)8(5-6)15-11(16)9-3-4-10(19-9)20(14,17)18/h1-5H,(H,15,16)(H2,14,17,18). The molecular weight excluding hydrogens is 327 g/mol. The number of hydrogen-bond donors (Lipinski definition) is 2. The first kappa shape index (κ1) is 14.9. The number of rotatable bonds is 3. The minimum atomic E-state index is -4.00. The van der Waals surface area contributed by atoms with Gasteiger partial charge in [0.25, 0.3) is 15.9 Å². The molecule has 1 aromatic heterocycles. The number of anilines is 1. The van der Waals surface area contributed by atoms with Crippen molar-refractivity contribution in [1.29, 1.82) is 0 Å². The molecular formula is C11H8Cl2N2O4S. The molecule has 2 aromatic rings. The first-order valence-corrected chi connectivity index (χ1v) is 7.46. The van der Waals surface area contributed by atoms with Crippen LogP contribution in [0.4, 0.5) is 5.69 Å². The molecule has 0 aliphatic rings. The van der Waals surface area contributed by atoms with E-state index in [1.54, 1.807) is 6.07 Å². The molecule has 0 aliphatic carbocycles. The lowest BCUT2D eigenvalue weighted by atomic mass is 10.3. The molecule has 0 atom stereocenters. The van der Waals surface area contributed by atoms with Crippen LogP contribution >= 0.6 is 23.2 Å². The van der Waals surface area contributed by atoms with E-state index in [0.717, 1.165) is 6.07 Å². The van der Waals surface area contributed by atoms with Crippen LogP contribution in [0.1, 0.15) is 10.6 Å². The van der Waals surface area contributed by atoms with Gasteiger partial charge in [-0.15, -0.1) is 0 Å². The number of furan rings is 1. The van der Waals surface area contributed by atoms with Gasteiger partial charge in [0, 0.05) is 5.02 Å². The summed E-state index contributed by atoms with van der Waals surface area (Å²) >= 11 is 11.7. The molecule has 1 heterocycles. The Morgan fingerprint density at radius 3 is 2.50 bits per heavy atom. The summed E-state index contributed by atoms with van der Waals surface area (Å²) in [5.41, 5.74) is 0.276. The molecule has 0 saturated heterocycles. The third kappa shape index (κ3) is 3.31. The van der Waals surface area contributed by atoms with Crippen LogP contribution in [0.5, 0.6) is 0 Å². The number of carbonyl (C=O) groups excluding carboxylic acids is 1. The predicted molar refractivity (Wildman–Crippen MR) is 74.5 cm³/mol. The number of nitrogens with one attached hydrogen (secondary N) is 1. The van der Waals surface area contributed by atoms with E-state index in [0.29, 0.717) is 5.02 Å². The van der Waals surface area contributed by atoms with Crippen LogP contribution in [-0.2, 0) is 10.0 Å². The summed E-state index contributed by atoms with van der Waals surface area (Å²) in [4.78, 5) is 11.9. The summed E-state index contributed by atoms with van der Waals surface area (Å²) in [7, 11) is -4.00. The second-order valence-corrected chi connectivity index (χ2v) is 6.08. The first-order chi connectivity index (χ1) is 9.27. The number of nitrogens with two attached hydrogens (primary N) is 1. The van der Waals surface area contributed by atoms with Gasteiger partial charge in [-0.3, -0.25) is 4.79 Å². The topological polar surface area (TPSA) is 102 Å². The van der Waals surface area contributed by atoms with Crippen molar-refractivity contribution in [3.63, 3.8) is 0 Å². The van der Waals surface area contributed by atoms with Gasteiger partial charge in [0.2, 0.25) is 5.09 Å². The number of benzene rings is 1. The first-order valence-electron chi connectivity index (χ1n) is 5.16. The minimum Gasteiger partial charge on any atom is -0.438 e. The molecule has 0 bridgehead atoms. The van der Waals surface area contributed by atoms with Gasteiger partial charge >= 0.3 is 0 Å². The molecule has 20 heavy (non-hydrogen) atoms. The third-order valence-electron chi connectivity index (χ3n) is 2.26. The summed E-state index contributed by atoms with van der Waals surface area (Å²) in [5, 5.41) is 7.48. The molecule has 2 rings (SSSR count). The lowest BCUT2D eigenvalue weighted by Gasteiger charge is -2.05. The lowest BCUT2D eigenvalue weighted by molar-refractivity contribution is 0.0991. The Bertz CT molecular complexity index is 770. The number of sulfonamides is 1. The lowest BCUT2D eigenvalue weighted by Crippen LogP contribution is -2.13. The fraction of sp³-hybridized carbons (Fsp3) is 0. The summed E-state index contributed by atoms with van der Waals surface area (Å²) in [5.74, 6) is -0.894. The highest BCUT2D eigenvalue weighted by molar-refractivity contribution is 7.89. The van der Waals surface area contributed by atoms with Gasteiger partial charge in [-0.05, 0) is 30.3 Å². The number of carbonyl (C=O) groups is 1. The van der Waals surface area contributed by atoms with E-state index in [9.17, 15) is 13.2 Å². The van der Waals surface area contributed by atoms with Gasteiger partial charge in [-0.2, -0.15) is 0 Å². The van der Waals surface area contributed by atoms with Crippen LogP contribution in [0.2, 0.25) is 10.0 Å².